The molecule has 31 heavy (non-hydrogen) atoms. The van der Waals surface area contributed by atoms with Crippen LogP contribution in [0.2, 0.25) is 0 Å². The van der Waals surface area contributed by atoms with Crippen LogP contribution in [-0.4, -0.2) is 60.1 Å². The third-order valence-corrected chi connectivity index (χ3v) is 6.78. The van der Waals surface area contributed by atoms with E-state index in [9.17, 15) is 10.2 Å². The second kappa shape index (κ2) is 12.8. The molecule has 0 amide bonds. The van der Waals surface area contributed by atoms with Crippen LogP contribution in [0.3, 0.4) is 0 Å². The zero-order chi connectivity index (χ0) is 22.9. The molecule has 3 N–H and O–H groups in total. The molecule has 1 fully saturated rings. The number of nitrogens with zero attached hydrogens (tertiary/aromatic N) is 1. The van der Waals surface area contributed by atoms with Gasteiger partial charge in [0.05, 0.1) is 18.8 Å². The Morgan fingerprint density at radius 1 is 1.16 bits per heavy atom. The predicted octanol–water partition coefficient (Wildman–Crippen LogP) is 4.39. The number of para-hydroxylation sites is 1. The van der Waals surface area contributed by atoms with Crippen LogP contribution >= 0.6 is 0 Å². The quantitative estimate of drug-likeness (QED) is 0.430. The number of rotatable bonds is 13. The van der Waals surface area contributed by atoms with Crippen LogP contribution < -0.4 is 10.1 Å². The summed E-state index contributed by atoms with van der Waals surface area (Å²) < 4.78 is 5.52. The molecule has 5 heteroatoms. The molecule has 0 bridgehead atoms. The fourth-order valence-corrected chi connectivity index (χ4v) is 4.57. The Morgan fingerprint density at radius 3 is 2.58 bits per heavy atom. The van der Waals surface area contributed by atoms with Crippen molar-refractivity contribution in [1.82, 2.24) is 10.2 Å². The predicted molar refractivity (Wildman–Crippen MR) is 129 cm³/mol. The third-order valence-electron chi connectivity index (χ3n) is 6.78. The summed E-state index contributed by atoms with van der Waals surface area (Å²) >= 11 is 0. The molecule has 1 saturated heterocycles. The summed E-state index contributed by atoms with van der Waals surface area (Å²) in [5, 5.41) is 25.3. The Hall–Kier alpha value is -1.14. The molecule has 1 aliphatic heterocycles. The lowest BCUT2D eigenvalue weighted by Gasteiger charge is -2.38. The van der Waals surface area contributed by atoms with Crippen molar-refractivity contribution in [2.45, 2.75) is 84.0 Å². The van der Waals surface area contributed by atoms with E-state index in [1.807, 2.05) is 18.2 Å². The normalized spacial score (nSPS) is 21.6. The zero-order valence-electron chi connectivity index (χ0n) is 20.4. The molecule has 2 rings (SSSR count). The molecule has 4 unspecified atom stereocenters. The van der Waals surface area contributed by atoms with Gasteiger partial charge in [-0.2, -0.15) is 0 Å². The number of piperazine rings is 1. The second-order valence-corrected chi connectivity index (χ2v) is 10.2. The molecule has 1 heterocycles. The minimum atomic E-state index is -1.05. The van der Waals surface area contributed by atoms with Crippen LogP contribution in [0.25, 0.3) is 0 Å². The lowest BCUT2D eigenvalue weighted by molar-refractivity contribution is -0.0824. The van der Waals surface area contributed by atoms with Gasteiger partial charge in [0, 0.05) is 37.8 Å². The molecule has 1 aromatic carbocycles. The largest absolute Gasteiger partial charge is 0.496 e. The first-order valence-corrected chi connectivity index (χ1v) is 12.2. The van der Waals surface area contributed by atoms with E-state index in [4.69, 9.17) is 4.74 Å². The molecule has 1 aromatic rings. The maximum absolute atomic E-state index is 10.9. The van der Waals surface area contributed by atoms with Gasteiger partial charge in [-0.3, -0.25) is 4.90 Å². The van der Waals surface area contributed by atoms with Crippen LogP contribution in [0.4, 0.5) is 0 Å². The van der Waals surface area contributed by atoms with Gasteiger partial charge in [-0.15, -0.1) is 0 Å². The first kappa shape index (κ1) is 26.1. The summed E-state index contributed by atoms with van der Waals surface area (Å²) in [7, 11) is 1.70. The standard InChI is InChI=1S/C26H46N2O3/c1-20(2)10-8-11-21(3)12-9-15-26(4,30)25(29)19-28-17-16-27-23(18-28)22-13-6-7-14-24(22)31-5/h6-7,13-14,20-21,23,25,27,29-30H,8-12,15-19H2,1-5H3. The van der Waals surface area contributed by atoms with Gasteiger partial charge in [-0.1, -0.05) is 71.1 Å². The van der Waals surface area contributed by atoms with Crippen LogP contribution in [0.1, 0.15) is 77.8 Å². The van der Waals surface area contributed by atoms with Gasteiger partial charge in [-0.25, -0.2) is 0 Å². The Labute approximate surface area is 190 Å². The highest BCUT2D eigenvalue weighted by atomic mass is 16.5. The molecule has 4 atom stereocenters. The van der Waals surface area contributed by atoms with E-state index < -0.39 is 11.7 Å². The van der Waals surface area contributed by atoms with E-state index >= 15 is 0 Å². The van der Waals surface area contributed by atoms with Crippen molar-refractivity contribution in [3.63, 3.8) is 0 Å². The summed E-state index contributed by atoms with van der Waals surface area (Å²) in [6.45, 7) is 11.7. The molecular formula is C26H46N2O3. The monoisotopic (exact) mass is 434 g/mol. The molecule has 1 aliphatic rings. The van der Waals surface area contributed by atoms with Crippen molar-refractivity contribution < 1.29 is 14.9 Å². The maximum Gasteiger partial charge on any atom is 0.123 e. The smallest absolute Gasteiger partial charge is 0.123 e. The highest BCUT2D eigenvalue weighted by Crippen LogP contribution is 2.28. The molecule has 0 spiro atoms. The molecule has 5 nitrogen and oxygen atoms in total. The van der Waals surface area contributed by atoms with Gasteiger partial charge in [0.25, 0.3) is 0 Å². The summed E-state index contributed by atoms with van der Waals surface area (Å²) in [5.41, 5.74) is 0.0880. The number of hydrogen-bond donors (Lipinski definition) is 3. The number of ether oxygens (including phenoxy) is 1. The number of hydrogen-bond acceptors (Lipinski definition) is 5. The maximum atomic E-state index is 10.9. The van der Waals surface area contributed by atoms with Crippen LogP contribution in [0.5, 0.6) is 5.75 Å². The van der Waals surface area contributed by atoms with E-state index in [-0.39, 0.29) is 6.04 Å². The second-order valence-electron chi connectivity index (χ2n) is 10.2. The first-order chi connectivity index (χ1) is 14.7. The van der Waals surface area contributed by atoms with Crippen molar-refractivity contribution >= 4 is 0 Å². The SMILES string of the molecule is COc1ccccc1C1CN(CC(O)C(C)(O)CCCC(C)CCCC(C)C)CCN1. The molecule has 0 radical (unpaired) electrons. The molecule has 0 aromatic heterocycles. The Morgan fingerprint density at radius 2 is 1.87 bits per heavy atom. The van der Waals surface area contributed by atoms with Gasteiger partial charge < -0.3 is 20.3 Å². The van der Waals surface area contributed by atoms with Gasteiger partial charge in [0.2, 0.25) is 0 Å². The molecule has 178 valence electrons. The zero-order valence-corrected chi connectivity index (χ0v) is 20.4. The number of benzene rings is 1. The topological polar surface area (TPSA) is 65.0 Å². The minimum Gasteiger partial charge on any atom is -0.496 e. The Balaban J connectivity index is 1.79. The van der Waals surface area contributed by atoms with Gasteiger partial charge >= 0.3 is 0 Å². The van der Waals surface area contributed by atoms with E-state index in [2.05, 4.69) is 37.1 Å². The summed E-state index contributed by atoms with van der Waals surface area (Å²) in [5.74, 6) is 2.34. The van der Waals surface area contributed by atoms with E-state index in [1.54, 1.807) is 14.0 Å². The molecule has 0 aliphatic carbocycles. The van der Waals surface area contributed by atoms with Crippen LogP contribution in [-0.2, 0) is 0 Å². The van der Waals surface area contributed by atoms with Crippen LogP contribution in [0, 0.1) is 11.8 Å². The number of methoxy groups -OCH3 is 1. The van der Waals surface area contributed by atoms with Crippen molar-refractivity contribution in [2.24, 2.45) is 11.8 Å². The van der Waals surface area contributed by atoms with E-state index in [0.29, 0.717) is 18.9 Å². The minimum absolute atomic E-state index is 0.161. The summed E-state index contributed by atoms with van der Waals surface area (Å²) in [6.07, 6.45) is 5.80. The first-order valence-electron chi connectivity index (χ1n) is 12.2. The Bertz CT molecular complexity index is 635. The number of β-amino-alcohol motifs (C(OH)–C–C–N with tert-alkyl or cyclic N) is 1. The van der Waals surface area contributed by atoms with Crippen molar-refractivity contribution in [3.05, 3.63) is 29.8 Å². The van der Waals surface area contributed by atoms with Gasteiger partial charge in [0.1, 0.15) is 5.75 Å². The summed E-state index contributed by atoms with van der Waals surface area (Å²) in [6, 6.07) is 8.25. The lowest BCUT2D eigenvalue weighted by Crippen LogP contribution is -2.52. The van der Waals surface area contributed by atoms with Crippen LogP contribution in [0.15, 0.2) is 24.3 Å². The average Bonchev–Trinajstić information content (AvgIpc) is 2.73. The van der Waals surface area contributed by atoms with Crippen molar-refractivity contribution in [1.29, 1.82) is 0 Å². The summed E-state index contributed by atoms with van der Waals surface area (Å²) in [4.78, 5) is 2.25. The third kappa shape index (κ3) is 8.72. The number of nitrogens with one attached hydrogen (secondary N) is 1. The fraction of sp³-hybridized carbons (Fsp3) is 0.769. The lowest BCUT2D eigenvalue weighted by atomic mass is 9.88. The fourth-order valence-electron chi connectivity index (χ4n) is 4.57. The highest BCUT2D eigenvalue weighted by Gasteiger charge is 2.33. The van der Waals surface area contributed by atoms with E-state index in [0.717, 1.165) is 49.7 Å². The Kier molecular flexibility index (Phi) is 10.8. The number of aliphatic hydroxyl groups is 2. The molecular weight excluding hydrogens is 388 g/mol. The van der Waals surface area contributed by atoms with Crippen molar-refractivity contribution in [2.75, 3.05) is 33.3 Å². The van der Waals surface area contributed by atoms with Gasteiger partial charge in [-0.05, 0) is 31.2 Å². The number of aliphatic hydroxyl groups excluding tert-OH is 1. The average molecular weight is 435 g/mol. The molecule has 0 saturated carbocycles. The van der Waals surface area contributed by atoms with Crippen molar-refractivity contribution in [3.8, 4) is 5.75 Å². The van der Waals surface area contributed by atoms with E-state index in [1.165, 1.54) is 19.3 Å². The van der Waals surface area contributed by atoms with Gasteiger partial charge in [0.15, 0.2) is 0 Å². The highest BCUT2D eigenvalue weighted by molar-refractivity contribution is 5.36.